The van der Waals surface area contributed by atoms with Crippen LogP contribution in [0.1, 0.15) is 32.6 Å². The van der Waals surface area contributed by atoms with Crippen LogP contribution in [0.15, 0.2) is 48.2 Å². The summed E-state index contributed by atoms with van der Waals surface area (Å²) in [6.45, 7) is 7.25. The van der Waals surface area contributed by atoms with Crippen molar-refractivity contribution >= 4 is 5.69 Å². The van der Waals surface area contributed by atoms with Gasteiger partial charge < -0.3 is 20.0 Å². The number of rotatable bonds is 8. The van der Waals surface area contributed by atoms with Crippen LogP contribution in [0.25, 0.3) is 11.3 Å². The molecule has 0 unspecified atom stereocenters. The van der Waals surface area contributed by atoms with Crippen molar-refractivity contribution in [2.75, 3.05) is 45.2 Å². The van der Waals surface area contributed by atoms with Gasteiger partial charge in [0.05, 0.1) is 18.1 Å². The molecular formula is C25H36N8. The number of hydrogen-bond acceptors (Lipinski definition) is 7. The van der Waals surface area contributed by atoms with E-state index in [-0.39, 0.29) is 0 Å². The highest BCUT2D eigenvalue weighted by Crippen LogP contribution is 2.28. The van der Waals surface area contributed by atoms with Crippen molar-refractivity contribution in [1.82, 2.24) is 35.1 Å². The molecule has 5 rings (SSSR count). The molecule has 2 fully saturated rings. The molecule has 1 aliphatic carbocycles. The van der Waals surface area contributed by atoms with E-state index in [1.54, 1.807) is 0 Å². The molecule has 3 aliphatic rings. The van der Waals surface area contributed by atoms with Crippen molar-refractivity contribution in [3.63, 3.8) is 0 Å². The molecule has 1 saturated carbocycles. The average Bonchev–Trinajstić information content (AvgIpc) is 3.55. The Hall–Kier alpha value is -2.87. The summed E-state index contributed by atoms with van der Waals surface area (Å²) in [5.41, 5.74) is 5.52. The number of aromatic nitrogens is 4. The second-order valence-electron chi connectivity index (χ2n) is 9.88. The lowest BCUT2D eigenvalue weighted by atomic mass is 10.0. The second kappa shape index (κ2) is 9.55. The van der Waals surface area contributed by atoms with Crippen LogP contribution in [-0.4, -0.2) is 76.1 Å². The predicted octanol–water partition coefficient (Wildman–Crippen LogP) is 2.93. The van der Waals surface area contributed by atoms with Crippen molar-refractivity contribution in [1.29, 1.82) is 0 Å². The average molecular weight is 449 g/mol. The summed E-state index contributed by atoms with van der Waals surface area (Å²) in [7, 11) is 4.03. The summed E-state index contributed by atoms with van der Waals surface area (Å²) < 4.78 is 1.91. The SMILES string of the molecule is CC1=CC(N2CCC[C@@H](NCC3CC3)C2)=CCN1Cn1cc(-c2cncc(N(C)C)c2)nn1. The fourth-order valence-corrected chi connectivity index (χ4v) is 4.62. The van der Waals surface area contributed by atoms with Gasteiger partial charge in [0.1, 0.15) is 12.4 Å². The van der Waals surface area contributed by atoms with E-state index in [0.717, 1.165) is 42.5 Å². The van der Waals surface area contributed by atoms with Crippen LogP contribution < -0.4 is 10.2 Å². The van der Waals surface area contributed by atoms with Crippen LogP contribution in [0.4, 0.5) is 5.69 Å². The normalized spacial score (nSPS) is 21.1. The molecular weight excluding hydrogens is 412 g/mol. The minimum atomic E-state index is 0.626. The molecule has 8 nitrogen and oxygen atoms in total. The Morgan fingerprint density at radius 2 is 2.06 bits per heavy atom. The minimum Gasteiger partial charge on any atom is -0.376 e. The first-order valence-corrected chi connectivity index (χ1v) is 12.2. The quantitative estimate of drug-likeness (QED) is 0.666. The first-order chi connectivity index (χ1) is 16.0. The molecule has 2 aromatic heterocycles. The number of anilines is 1. The van der Waals surface area contributed by atoms with Crippen molar-refractivity contribution in [3.05, 3.63) is 48.2 Å². The molecule has 4 heterocycles. The summed E-state index contributed by atoms with van der Waals surface area (Å²) in [6.07, 6.45) is 15.8. The lowest BCUT2D eigenvalue weighted by Gasteiger charge is -2.38. The van der Waals surface area contributed by atoms with Gasteiger partial charge in [-0.05, 0) is 63.3 Å². The van der Waals surface area contributed by atoms with Gasteiger partial charge in [-0.15, -0.1) is 5.10 Å². The first-order valence-electron chi connectivity index (χ1n) is 12.2. The van der Waals surface area contributed by atoms with Crippen LogP contribution in [0.5, 0.6) is 0 Å². The van der Waals surface area contributed by atoms with Crippen LogP contribution in [0.3, 0.4) is 0 Å². The zero-order chi connectivity index (χ0) is 22.8. The Morgan fingerprint density at radius 3 is 2.85 bits per heavy atom. The van der Waals surface area contributed by atoms with Gasteiger partial charge in [-0.2, -0.15) is 0 Å². The maximum atomic E-state index is 4.39. The molecule has 8 heteroatoms. The minimum absolute atomic E-state index is 0.626. The Morgan fingerprint density at radius 1 is 1.18 bits per heavy atom. The molecule has 0 aromatic carbocycles. The van der Waals surface area contributed by atoms with Gasteiger partial charge in [-0.25, -0.2) is 4.68 Å². The van der Waals surface area contributed by atoms with E-state index in [9.17, 15) is 0 Å². The molecule has 2 aromatic rings. The number of nitrogens with one attached hydrogen (secondary N) is 1. The monoisotopic (exact) mass is 448 g/mol. The fourth-order valence-electron chi connectivity index (χ4n) is 4.62. The molecule has 0 spiro atoms. The molecule has 1 N–H and O–H groups in total. The van der Waals surface area contributed by atoms with E-state index in [1.165, 1.54) is 43.6 Å². The molecule has 0 bridgehead atoms. The molecule has 2 aliphatic heterocycles. The molecule has 0 amide bonds. The summed E-state index contributed by atoms with van der Waals surface area (Å²) >= 11 is 0. The fraction of sp³-hybridized carbons (Fsp3) is 0.560. The molecule has 33 heavy (non-hydrogen) atoms. The summed E-state index contributed by atoms with van der Waals surface area (Å²) in [5, 5.41) is 12.6. The summed E-state index contributed by atoms with van der Waals surface area (Å²) in [6, 6.07) is 2.72. The van der Waals surface area contributed by atoms with Crippen LogP contribution in [0.2, 0.25) is 0 Å². The zero-order valence-electron chi connectivity index (χ0n) is 20.1. The van der Waals surface area contributed by atoms with Gasteiger partial charge in [-0.1, -0.05) is 5.21 Å². The molecule has 0 radical (unpaired) electrons. The smallest absolute Gasteiger partial charge is 0.114 e. The number of pyridine rings is 1. The first kappa shape index (κ1) is 21.9. The molecule has 1 atom stereocenters. The summed E-state index contributed by atoms with van der Waals surface area (Å²) in [5.74, 6) is 0.940. The highest BCUT2D eigenvalue weighted by atomic mass is 15.5. The van der Waals surface area contributed by atoms with E-state index in [4.69, 9.17) is 0 Å². The van der Waals surface area contributed by atoms with Gasteiger partial charge in [-0.3, -0.25) is 4.98 Å². The predicted molar refractivity (Wildman–Crippen MR) is 131 cm³/mol. The number of piperidine rings is 1. The van der Waals surface area contributed by atoms with E-state index in [1.807, 2.05) is 42.3 Å². The van der Waals surface area contributed by atoms with E-state index < -0.39 is 0 Å². The van der Waals surface area contributed by atoms with Crippen molar-refractivity contribution in [2.24, 2.45) is 5.92 Å². The Bertz CT molecular complexity index is 1020. The number of likely N-dealkylation sites (tertiary alicyclic amines) is 1. The largest absolute Gasteiger partial charge is 0.376 e. The lowest BCUT2D eigenvalue weighted by molar-refractivity contribution is 0.228. The van der Waals surface area contributed by atoms with E-state index >= 15 is 0 Å². The van der Waals surface area contributed by atoms with Crippen molar-refractivity contribution in [2.45, 2.75) is 45.3 Å². The zero-order valence-corrected chi connectivity index (χ0v) is 20.1. The maximum Gasteiger partial charge on any atom is 0.114 e. The number of hydrogen-bond donors (Lipinski definition) is 1. The standard InChI is InChI=1S/C25H36N8/c1-19-11-23(31-9-4-5-22(16-31)27-13-20-6-7-20)8-10-32(19)18-33-17-25(28-29-33)21-12-24(30(2)3)15-26-14-21/h8,11-12,14-15,17,20,22,27H,4-7,9-10,13,16,18H2,1-3H3/t22-/m1/s1. The van der Waals surface area contributed by atoms with Gasteiger partial charge >= 0.3 is 0 Å². The van der Waals surface area contributed by atoms with Crippen LogP contribution in [-0.2, 0) is 6.67 Å². The van der Waals surface area contributed by atoms with Gasteiger partial charge in [0.15, 0.2) is 0 Å². The van der Waals surface area contributed by atoms with Gasteiger partial charge in [0, 0.05) is 62.9 Å². The maximum absolute atomic E-state index is 4.39. The van der Waals surface area contributed by atoms with E-state index in [0.29, 0.717) is 12.7 Å². The highest BCUT2D eigenvalue weighted by Gasteiger charge is 2.26. The topological polar surface area (TPSA) is 65.3 Å². The van der Waals surface area contributed by atoms with Gasteiger partial charge in [0.25, 0.3) is 0 Å². The molecule has 1 saturated heterocycles. The molecule has 176 valence electrons. The van der Waals surface area contributed by atoms with Crippen LogP contribution in [0, 0.1) is 5.92 Å². The number of nitrogens with zero attached hydrogens (tertiary/aromatic N) is 7. The third-order valence-electron chi connectivity index (χ3n) is 6.95. The highest BCUT2D eigenvalue weighted by molar-refractivity contribution is 5.62. The van der Waals surface area contributed by atoms with Gasteiger partial charge in [0.2, 0.25) is 0 Å². The number of allylic oxidation sites excluding steroid dienone is 2. The third-order valence-corrected chi connectivity index (χ3v) is 6.95. The van der Waals surface area contributed by atoms with E-state index in [2.05, 4.69) is 55.6 Å². The Balaban J connectivity index is 1.19. The second-order valence-corrected chi connectivity index (χ2v) is 9.88. The third kappa shape index (κ3) is 5.38. The Kier molecular flexibility index (Phi) is 6.35. The Labute approximate surface area is 197 Å². The summed E-state index contributed by atoms with van der Waals surface area (Å²) in [4.78, 5) is 11.3. The van der Waals surface area contributed by atoms with Crippen molar-refractivity contribution in [3.8, 4) is 11.3 Å². The lowest BCUT2D eigenvalue weighted by Crippen LogP contribution is -2.46. The van der Waals surface area contributed by atoms with Crippen molar-refractivity contribution < 1.29 is 0 Å². The van der Waals surface area contributed by atoms with Crippen LogP contribution >= 0.6 is 0 Å².